The van der Waals surface area contributed by atoms with Crippen molar-refractivity contribution < 1.29 is 13.5 Å². The van der Waals surface area contributed by atoms with Gasteiger partial charge in [-0.25, -0.2) is 13.4 Å². The van der Waals surface area contributed by atoms with Crippen molar-refractivity contribution in [2.75, 3.05) is 31.6 Å². The van der Waals surface area contributed by atoms with Gasteiger partial charge >= 0.3 is 0 Å². The topological polar surface area (TPSA) is 82.5 Å². The highest BCUT2D eigenvalue weighted by molar-refractivity contribution is 7.89. The number of sulfonamides is 1. The van der Waals surface area contributed by atoms with Crippen molar-refractivity contribution in [3.8, 4) is 0 Å². The molecule has 6 nitrogen and oxygen atoms in total. The van der Waals surface area contributed by atoms with Gasteiger partial charge in [0.05, 0.1) is 5.69 Å². The van der Waals surface area contributed by atoms with E-state index in [4.69, 9.17) is 5.11 Å². The van der Waals surface area contributed by atoms with E-state index in [0.29, 0.717) is 31.7 Å². The van der Waals surface area contributed by atoms with Crippen molar-refractivity contribution in [2.45, 2.75) is 24.8 Å². The molecule has 1 saturated heterocycles. The lowest BCUT2D eigenvalue weighted by Crippen LogP contribution is -2.30. The van der Waals surface area contributed by atoms with Crippen LogP contribution in [0.15, 0.2) is 23.4 Å². The molecule has 0 aliphatic carbocycles. The number of rotatable bonds is 6. The van der Waals surface area contributed by atoms with Crippen molar-refractivity contribution in [1.29, 1.82) is 0 Å². The number of nitrogens with zero attached hydrogens (tertiary/aromatic N) is 2. The third-order valence-electron chi connectivity index (χ3n) is 3.43. The van der Waals surface area contributed by atoms with Crippen LogP contribution in [-0.2, 0) is 10.0 Å². The minimum absolute atomic E-state index is 0.0230. The molecular formula is C13H21N3O3S. The smallest absolute Gasteiger partial charge is 0.262 e. The minimum atomic E-state index is -3.59. The molecule has 0 amide bonds. The molecule has 0 spiro atoms. The number of hydrogen-bond donors (Lipinski definition) is 2. The lowest BCUT2D eigenvalue weighted by Gasteiger charge is -2.18. The van der Waals surface area contributed by atoms with Crippen LogP contribution in [-0.4, -0.2) is 49.1 Å². The number of pyridine rings is 1. The molecule has 1 unspecified atom stereocenters. The van der Waals surface area contributed by atoms with Crippen LogP contribution in [0.1, 0.15) is 19.8 Å². The Hall–Kier alpha value is -1.18. The molecule has 2 heterocycles. The number of nitrogens with one attached hydrogen (secondary N) is 1. The third-order valence-corrected chi connectivity index (χ3v) is 5.25. The summed E-state index contributed by atoms with van der Waals surface area (Å²) in [6.45, 7) is 3.55. The van der Waals surface area contributed by atoms with E-state index in [1.165, 1.54) is 10.5 Å². The molecule has 1 aromatic rings. The summed E-state index contributed by atoms with van der Waals surface area (Å²) in [5.41, 5.74) is 0.543. The van der Waals surface area contributed by atoms with Crippen LogP contribution in [0.5, 0.6) is 0 Å². The number of hydrogen-bond acceptors (Lipinski definition) is 5. The Morgan fingerprint density at radius 1 is 1.55 bits per heavy atom. The predicted molar refractivity (Wildman–Crippen MR) is 77.0 cm³/mol. The first-order chi connectivity index (χ1) is 9.59. The average molecular weight is 299 g/mol. The lowest BCUT2D eigenvalue weighted by molar-refractivity contribution is 0.233. The van der Waals surface area contributed by atoms with Gasteiger partial charge in [-0.3, -0.25) is 0 Å². The van der Waals surface area contributed by atoms with Crippen LogP contribution in [0.3, 0.4) is 0 Å². The molecule has 1 aromatic heterocycles. The maximum atomic E-state index is 12.6. The van der Waals surface area contributed by atoms with Crippen LogP contribution < -0.4 is 5.32 Å². The second-order valence-corrected chi connectivity index (χ2v) is 6.84. The van der Waals surface area contributed by atoms with E-state index in [9.17, 15) is 8.42 Å². The number of anilines is 1. The van der Waals surface area contributed by atoms with Gasteiger partial charge in [0.15, 0.2) is 5.03 Å². The van der Waals surface area contributed by atoms with Crippen molar-refractivity contribution >= 4 is 15.7 Å². The quantitative estimate of drug-likeness (QED) is 0.816. The lowest BCUT2D eigenvalue weighted by atomic mass is 10.1. The summed E-state index contributed by atoms with van der Waals surface area (Å²) in [5, 5.41) is 12.3. The fraction of sp³-hybridized carbons (Fsp3) is 0.615. The largest absolute Gasteiger partial charge is 0.396 e. The van der Waals surface area contributed by atoms with Crippen LogP contribution >= 0.6 is 0 Å². The van der Waals surface area contributed by atoms with Crippen molar-refractivity contribution in [2.24, 2.45) is 5.92 Å². The Morgan fingerprint density at radius 3 is 3.00 bits per heavy atom. The molecule has 7 heteroatoms. The molecule has 1 fully saturated rings. The average Bonchev–Trinajstić information content (AvgIpc) is 2.95. The fourth-order valence-electron chi connectivity index (χ4n) is 2.28. The highest BCUT2D eigenvalue weighted by Crippen LogP contribution is 2.27. The molecule has 0 bridgehead atoms. The Morgan fingerprint density at radius 2 is 2.35 bits per heavy atom. The maximum absolute atomic E-state index is 12.6. The first kappa shape index (κ1) is 15.2. The van der Waals surface area contributed by atoms with Gasteiger partial charge in [-0.2, -0.15) is 4.31 Å². The number of aliphatic hydroxyl groups excluding tert-OH is 1. The van der Waals surface area contributed by atoms with E-state index in [1.807, 2.05) is 6.92 Å². The molecule has 1 aliphatic heterocycles. The summed E-state index contributed by atoms with van der Waals surface area (Å²) in [4.78, 5) is 4.04. The Kier molecular flexibility index (Phi) is 4.95. The summed E-state index contributed by atoms with van der Waals surface area (Å²) in [6, 6.07) is 3.45. The summed E-state index contributed by atoms with van der Waals surface area (Å²) in [6.07, 6.45) is 3.09. The molecule has 112 valence electrons. The van der Waals surface area contributed by atoms with E-state index in [0.717, 1.165) is 6.42 Å². The molecule has 2 N–H and O–H groups in total. The Bertz CT molecular complexity index is 548. The fourth-order valence-corrected chi connectivity index (χ4v) is 3.89. The van der Waals surface area contributed by atoms with Gasteiger partial charge in [-0.15, -0.1) is 0 Å². The zero-order valence-corrected chi connectivity index (χ0v) is 12.4. The molecule has 1 atom stereocenters. The molecule has 20 heavy (non-hydrogen) atoms. The normalized spacial score (nSPS) is 20.2. The molecule has 1 aliphatic rings. The molecular weight excluding hydrogens is 278 g/mol. The minimum Gasteiger partial charge on any atom is -0.396 e. The van der Waals surface area contributed by atoms with Crippen LogP contribution in [0.25, 0.3) is 0 Å². The third kappa shape index (κ3) is 3.11. The van der Waals surface area contributed by atoms with Gasteiger partial charge in [0, 0.05) is 32.4 Å². The predicted octanol–water partition coefficient (Wildman–Crippen LogP) is 0.906. The Labute approximate surface area is 119 Å². The number of aliphatic hydroxyl groups is 1. The van der Waals surface area contributed by atoms with Crippen molar-refractivity contribution in [1.82, 2.24) is 9.29 Å². The van der Waals surface area contributed by atoms with E-state index in [1.54, 1.807) is 12.1 Å². The SMILES string of the molecule is CCCNc1cccnc1S(=O)(=O)N1CCC(CO)C1. The zero-order chi connectivity index (χ0) is 14.6. The second-order valence-electron chi connectivity index (χ2n) is 4.98. The van der Waals surface area contributed by atoms with Crippen LogP contribution in [0, 0.1) is 5.92 Å². The molecule has 0 aromatic carbocycles. The van der Waals surface area contributed by atoms with Gasteiger partial charge in [0.25, 0.3) is 10.0 Å². The summed E-state index contributed by atoms with van der Waals surface area (Å²) >= 11 is 0. The second kappa shape index (κ2) is 6.51. The summed E-state index contributed by atoms with van der Waals surface area (Å²) in [7, 11) is -3.59. The highest BCUT2D eigenvalue weighted by Gasteiger charge is 2.34. The van der Waals surface area contributed by atoms with Crippen molar-refractivity contribution in [3.63, 3.8) is 0 Å². The standard InChI is InChI=1S/C13H21N3O3S/c1-2-6-14-12-4-3-7-15-13(12)20(18,19)16-8-5-11(9-16)10-17/h3-4,7,11,14,17H,2,5-6,8-10H2,1H3. The van der Waals surface area contributed by atoms with Gasteiger partial charge in [0.2, 0.25) is 0 Å². The summed E-state index contributed by atoms with van der Waals surface area (Å²) in [5.74, 6) is 0.0283. The van der Waals surface area contributed by atoms with Crippen LogP contribution in [0.4, 0.5) is 5.69 Å². The molecule has 0 radical (unpaired) electrons. The maximum Gasteiger partial charge on any atom is 0.262 e. The van der Waals surface area contributed by atoms with E-state index < -0.39 is 10.0 Å². The summed E-state index contributed by atoms with van der Waals surface area (Å²) < 4.78 is 26.7. The molecule has 2 rings (SSSR count). The monoisotopic (exact) mass is 299 g/mol. The van der Waals surface area contributed by atoms with Crippen LogP contribution in [0.2, 0.25) is 0 Å². The van der Waals surface area contributed by atoms with Gasteiger partial charge < -0.3 is 10.4 Å². The zero-order valence-electron chi connectivity index (χ0n) is 11.6. The van der Waals surface area contributed by atoms with Gasteiger partial charge in [-0.1, -0.05) is 6.92 Å². The first-order valence-corrected chi connectivity index (χ1v) is 8.33. The highest BCUT2D eigenvalue weighted by atomic mass is 32.2. The van der Waals surface area contributed by atoms with E-state index in [2.05, 4.69) is 10.3 Å². The first-order valence-electron chi connectivity index (χ1n) is 6.89. The number of aromatic nitrogens is 1. The Balaban J connectivity index is 2.25. The van der Waals surface area contributed by atoms with Gasteiger partial charge in [-0.05, 0) is 30.9 Å². The van der Waals surface area contributed by atoms with E-state index in [-0.39, 0.29) is 17.6 Å². The van der Waals surface area contributed by atoms with Gasteiger partial charge in [0.1, 0.15) is 0 Å². The van der Waals surface area contributed by atoms with Crippen molar-refractivity contribution in [3.05, 3.63) is 18.3 Å². The van der Waals surface area contributed by atoms with E-state index >= 15 is 0 Å². The molecule has 0 saturated carbocycles.